The van der Waals surface area contributed by atoms with Crippen molar-refractivity contribution in [1.82, 2.24) is 10.3 Å². The van der Waals surface area contributed by atoms with E-state index in [0.717, 1.165) is 49.7 Å². The van der Waals surface area contributed by atoms with Crippen LogP contribution in [-0.4, -0.2) is 27.1 Å². The van der Waals surface area contributed by atoms with Crippen molar-refractivity contribution in [2.24, 2.45) is 0 Å². The summed E-state index contributed by atoms with van der Waals surface area (Å²) in [6.07, 6.45) is 6.42. The first kappa shape index (κ1) is 16.1. The zero-order chi connectivity index (χ0) is 17.5. The minimum absolute atomic E-state index is 0.171. The van der Waals surface area contributed by atoms with Gasteiger partial charge in [0, 0.05) is 17.3 Å². The summed E-state index contributed by atoms with van der Waals surface area (Å²) < 4.78 is 0. The second-order valence-electron chi connectivity index (χ2n) is 7.48. The Morgan fingerprint density at radius 1 is 1.04 bits per heavy atom. The Kier molecular flexibility index (Phi) is 3.76. The van der Waals surface area contributed by atoms with Crippen molar-refractivity contribution < 1.29 is 9.90 Å². The van der Waals surface area contributed by atoms with E-state index in [1.54, 1.807) is 6.20 Å². The number of amides is 1. The Balaban J connectivity index is 1.58. The second kappa shape index (κ2) is 5.85. The molecule has 0 unspecified atom stereocenters. The van der Waals surface area contributed by atoms with Gasteiger partial charge in [0.2, 0.25) is 0 Å². The number of nitrogen functional groups attached to an aromatic ring is 1. The first-order valence-electron chi connectivity index (χ1n) is 8.85. The van der Waals surface area contributed by atoms with Crippen LogP contribution in [0, 0.1) is 0 Å². The predicted octanol–water partition coefficient (Wildman–Crippen LogP) is 2.90. The number of nitrogens with one attached hydrogen (secondary N) is 1. The van der Waals surface area contributed by atoms with Crippen molar-refractivity contribution in [2.75, 3.05) is 5.73 Å². The first-order chi connectivity index (χ1) is 12.0. The van der Waals surface area contributed by atoms with Gasteiger partial charge in [0.1, 0.15) is 5.82 Å². The summed E-state index contributed by atoms with van der Waals surface area (Å²) >= 11 is 0. The van der Waals surface area contributed by atoms with Crippen LogP contribution >= 0.6 is 0 Å². The zero-order valence-electron chi connectivity index (χ0n) is 14.2. The minimum Gasteiger partial charge on any atom is -0.390 e. The molecule has 2 aromatic rings. The molecular formula is C20H23N3O2. The van der Waals surface area contributed by atoms with Gasteiger partial charge in [0.25, 0.3) is 5.91 Å². The van der Waals surface area contributed by atoms with E-state index in [9.17, 15) is 9.90 Å². The van der Waals surface area contributed by atoms with Gasteiger partial charge in [-0.15, -0.1) is 0 Å². The highest BCUT2D eigenvalue weighted by Crippen LogP contribution is 2.46. The number of fused-ring (bicyclic) bond motifs is 3. The maximum Gasteiger partial charge on any atom is 0.255 e. The summed E-state index contributed by atoms with van der Waals surface area (Å²) in [5.41, 5.74) is 7.55. The molecule has 0 aliphatic heterocycles. The van der Waals surface area contributed by atoms with Crippen LogP contribution in [0.2, 0.25) is 0 Å². The van der Waals surface area contributed by atoms with Crippen LogP contribution in [0.25, 0.3) is 11.1 Å². The van der Waals surface area contributed by atoms with E-state index in [1.165, 1.54) is 0 Å². The van der Waals surface area contributed by atoms with Gasteiger partial charge in [-0.2, -0.15) is 0 Å². The monoisotopic (exact) mass is 337 g/mol. The number of hydrogen-bond donors (Lipinski definition) is 3. The summed E-state index contributed by atoms with van der Waals surface area (Å²) in [6, 6.07) is 11.6. The molecule has 1 aromatic carbocycles. The SMILES string of the molecule is Nc1ncc(-c2ccccc2)cc1C(=O)NC12CCC(O)(CC1)CC2. The summed E-state index contributed by atoms with van der Waals surface area (Å²) in [7, 11) is 0. The number of hydrogen-bond acceptors (Lipinski definition) is 4. The van der Waals surface area contributed by atoms with Crippen molar-refractivity contribution in [3.8, 4) is 11.1 Å². The van der Waals surface area contributed by atoms with E-state index in [2.05, 4.69) is 10.3 Å². The molecule has 0 atom stereocenters. The van der Waals surface area contributed by atoms with Gasteiger partial charge < -0.3 is 16.2 Å². The summed E-state index contributed by atoms with van der Waals surface area (Å²) in [5.74, 6) is 0.0758. The van der Waals surface area contributed by atoms with E-state index in [0.29, 0.717) is 5.56 Å². The molecule has 1 amide bonds. The van der Waals surface area contributed by atoms with Gasteiger partial charge in [-0.3, -0.25) is 4.79 Å². The standard InChI is InChI=1S/C20H23N3O2/c21-17-16(12-15(13-22-17)14-4-2-1-3-5-14)18(24)23-19-6-9-20(25,10-7-19)11-8-19/h1-5,12-13,25H,6-11H2,(H2,21,22)(H,23,24). The molecule has 3 aliphatic rings. The zero-order valence-corrected chi connectivity index (χ0v) is 14.2. The number of nitrogens with two attached hydrogens (primary N) is 1. The quantitative estimate of drug-likeness (QED) is 0.803. The fourth-order valence-electron chi connectivity index (χ4n) is 4.11. The molecule has 3 aliphatic carbocycles. The maximum atomic E-state index is 12.9. The lowest BCUT2D eigenvalue weighted by molar-refractivity contribution is -0.0702. The highest BCUT2D eigenvalue weighted by Gasteiger charge is 2.48. The second-order valence-corrected chi connectivity index (χ2v) is 7.48. The third-order valence-electron chi connectivity index (χ3n) is 5.86. The highest BCUT2D eigenvalue weighted by atomic mass is 16.3. The largest absolute Gasteiger partial charge is 0.390 e. The number of carbonyl (C=O) groups is 1. The van der Waals surface area contributed by atoms with Crippen molar-refractivity contribution in [3.05, 3.63) is 48.2 Å². The number of anilines is 1. The molecule has 5 rings (SSSR count). The Morgan fingerprint density at radius 3 is 2.32 bits per heavy atom. The lowest BCUT2D eigenvalue weighted by atomic mass is 9.63. The van der Waals surface area contributed by atoms with Crippen molar-refractivity contribution in [3.63, 3.8) is 0 Å². The van der Waals surface area contributed by atoms with Gasteiger partial charge in [-0.1, -0.05) is 30.3 Å². The molecule has 0 radical (unpaired) electrons. The maximum absolute atomic E-state index is 12.9. The van der Waals surface area contributed by atoms with Crippen LogP contribution in [0.5, 0.6) is 0 Å². The number of benzene rings is 1. The number of aliphatic hydroxyl groups is 1. The van der Waals surface area contributed by atoms with Crippen LogP contribution in [0.4, 0.5) is 5.82 Å². The Morgan fingerprint density at radius 2 is 1.68 bits per heavy atom. The van der Waals surface area contributed by atoms with E-state index < -0.39 is 5.60 Å². The number of carbonyl (C=O) groups excluding carboxylic acids is 1. The molecule has 3 saturated carbocycles. The van der Waals surface area contributed by atoms with Crippen molar-refractivity contribution in [1.29, 1.82) is 0 Å². The smallest absolute Gasteiger partial charge is 0.255 e. The number of nitrogens with zero attached hydrogens (tertiary/aromatic N) is 1. The summed E-state index contributed by atoms with van der Waals surface area (Å²) in [6.45, 7) is 0. The van der Waals surface area contributed by atoms with Crippen LogP contribution < -0.4 is 11.1 Å². The van der Waals surface area contributed by atoms with Gasteiger partial charge in [-0.25, -0.2) is 4.98 Å². The van der Waals surface area contributed by atoms with Crippen LogP contribution in [0.15, 0.2) is 42.6 Å². The number of rotatable bonds is 3. The molecule has 0 saturated heterocycles. The first-order valence-corrected chi connectivity index (χ1v) is 8.85. The minimum atomic E-state index is -0.514. The Labute approximate surface area is 147 Å². The molecule has 2 bridgehead atoms. The van der Waals surface area contributed by atoms with Crippen LogP contribution in [0.1, 0.15) is 48.9 Å². The van der Waals surface area contributed by atoms with E-state index >= 15 is 0 Å². The average Bonchev–Trinajstić information content (AvgIpc) is 2.64. The van der Waals surface area contributed by atoms with E-state index in [4.69, 9.17) is 5.73 Å². The van der Waals surface area contributed by atoms with Crippen LogP contribution in [-0.2, 0) is 0 Å². The molecule has 0 spiro atoms. The molecule has 5 nitrogen and oxygen atoms in total. The van der Waals surface area contributed by atoms with E-state index in [1.807, 2.05) is 36.4 Å². The van der Waals surface area contributed by atoms with Gasteiger partial charge in [-0.05, 0) is 50.2 Å². The van der Waals surface area contributed by atoms with Crippen molar-refractivity contribution >= 4 is 11.7 Å². The Bertz CT molecular complexity index is 779. The third-order valence-corrected chi connectivity index (χ3v) is 5.86. The average molecular weight is 337 g/mol. The predicted molar refractivity (Wildman–Crippen MR) is 96.9 cm³/mol. The molecule has 130 valence electrons. The van der Waals surface area contributed by atoms with Gasteiger partial charge >= 0.3 is 0 Å². The molecular weight excluding hydrogens is 314 g/mol. The van der Waals surface area contributed by atoms with Gasteiger partial charge in [0.05, 0.1) is 11.2 Å². The summed E-state index contributed by atoms with van der Waals surface area (Å²) in [5, 5.41) is 13.6. The molecule has 5 heteroatoms. The topological polar surface area (TPSA) is 88.2 Å². The number of pyridine rings is 1. The number of aromatic nitrogens is 1. The lowest BCUT2D eigenvalue weighted by Gasteiger charge is -2.51. The lowest BCUT2D eigenvalue weighted by Crippen LogP contribution is -2.58. The molecule has 1 heterocycles. The fraction of sp³-hybridized carbons (Fsp3) is 0.400. The molecule has 3 fully saturated rings. The van der Waals surface area contributed by atoms with Crippen LogP contribution in [0.3, 0.4) is 0 Å². The fourth-order valence-corrected chi connectivity index (χ4v) is 4.11. The molecule has 4 N–H and O–H groups in total. The normalized spacial score (nSPS) is 27.9. The third kappa shape index (κ3) is 3.00. The summed E-state index contributed by atoms with van der Waals surface area (Å²) in [4.78, 5) is 17.1. The van der Waals surface area contributed by atoms with Gasteiger partial charge in [0.15, 0.2) is 0 Å². The van der Waals surface area contributed by atoms with E-state index in [-0.39, 0.29) is 17.3 Å². The molecule has 25 heavy (non-hydrogen) atoms. The Hall–Kier alpha value is -2.40. The molecule has 1 aromatic heterocycles. The van der Waals surface area contributed by atoms with Crippen molar-refractivity contribution in [2.45, 2.75) is 49.7 Å². The highest BCUT2D eigenvalue weighted by molar-refractivity contribution is 5.99.